The van der Waals surface area contributed by atoms with Crippen molar-refractivity contribution < 1.29 is 9.53 Å². The standard InChI is InChI=1S/C24H27N5O2/c1-18-17-22(29-13-15-31-16-14-29)28-24(25-18)27-21-10-8-20(9-11-21)26-23(30)12-7-19-5-3-2-4-6-19/h2-6,8-11,17H,7,12-16H2,1H3,(H,26,30)(H,25,27,28). The second kappa shape index (κ2) is 10.0. The first-order valence-corrected chi connectivity index (χ1v) is 10.5. The van der Waals surface area contributed by atoms with Gasteiger partial charge in [-0.3, -0.25) is 4.79 Å². The average Bonchev–Trinajstić information content (AvgIpc) is 2.80. The number of nitrogens with one attached hydrogen (secondary N) is 2. The van der Waals surface area contributed by atoms with Crippen molar-refractivity contribution in [3.8, 4) is 0 Å². The molecule has 0 atom stereocenters. The van der Waals surface area contributed by atoms with Crippen molar-refractivity contribution >= 4 is 29.0 Å². The maximum Gasteiger partial charge on any atom is 0.229 e. The third-order valence-electron chi connectivity index (χ3n) is 5.08. The average molecular weight is 418 g/mol. The lowest BCUT2D eigenvalue weighted by Gasteiger charge is -2.28. The molecule has 1 aromatic heterocycles. The maximum atomic E-state index is 12.2. The van der Waals surface area contributed by atoms with Crippen molar-refractivity contribution in [3.63, 3.8) is 0 Å². The number of anilines is 4. The molecule has 0 aliphatic carbocycles. The molecule has 160 valence electrons. The number of hydrogen-bond donors (Lipinski definition) is 2. The zero-order valence-electron chi connectivity index (χ0n) is 17.7. The molecule has 0 spiro atoms. The molecule has 1 aliphatic rings. The SMILES string of the molecule is Cc1cc(N2CCOCC2)nc(Nc2ccc(NC(=O)CCc3ccccc3)cc2)n1. The highest BCUT2D eigenvalue weighted by molar-refractivity contribution is 5.91. The molecule has 1 saturated heterocycles. The molecule has 7 heteroatoms. The molecule has 1 amide bonds. The van der Waals surface area contributed by atoms with Gasteiger partial charge in [-0.15, -0.1) is 0 Å². The van der Waals surface area contributed by atoms with E-state index >= 15 is 0 Å². The number of ether oxygens (including phenoxy) is 1. The van der Waals surface area contributed by atoms with Crippen LogP contribution in [-0.4, -0.2) is 42.2 Å². The van der Waals surface area contributed by atoms with E-state index in [0.29, 0.717) is 25.6 Å². The van der Waals surface area contributed by atoms with Gasteiger partial charge in [-0.2, -0.15) is 4.98 Å². The number of nitrogens with zero attached hydrogens (tertiary/aromatic N) is 3. The van der Waals surface area contributed by atoms with Crippen LogP contribution in [0.15, 0.2) is 60.7 Å². The van der Waals surface area contributed by atoms with Crippen LogP contribution in [0.5, 0.6) is 0 Å². The third kappa shape index (κ3) is 6.02. The molecule has 2 heterocycles. The highest BCUT2D eigenvalue weighted by Gasteiger charge is 2.14. The van der Waals surface area contributed by atoms with Crippen LogP contribution in [0.1, 0.15) is 17.7 Å². The van der Waals surface area contributed by atoms with E-state index in [1.807, 2.05) is 67.6 Å². The summed E-state index contributed by atoms with van der Waals surface area (Å²) in [6.45, 7) is 5.04. The van der Waals surface area contributed by atoms with Gasteiger partial charge < -0.3 is 20.3 Å². The number of morpholine rings is 1. The molecule has 0 unspecified atom stereocenters. The summed E-state index contributed by atoms with van der Waals surface area (Å²) in [5, 5.41) is 6.21. The van der Waals surface area contributed by atoms with Gasteiger partial charge >= 0.3 is 0 Å². The van der Waals surface area contributed by atoms with E-state index in [1.165, 1.54) is 0 Å². The monoisotopic (exact) mass is 417 g/mol. The normalized spacial score (nSPS) is 13.6. The first kappa shape index (κ1) is 20.8. The number of amides is 1. The van der Waals surface area contributed by atoms with Gasteiger partial charge in [0.1, 0.15) is 5.82 Å². The Morgan fingerprint density at radius 2 is 1.71 bits per heavy atom. The molecule has 7 nitrogen and oxygen atoms in total. The van der Waals surface area contributed by atoms with E-state index in [0.717, 1.165) is 48.0 Å². The third-order valence-corrected chi connectivity index (χ3v) is 5.08. The van der Waals surface area contributed by atoms with Crippen LogP contribution in [0, 0.1) is 6.92 Å². The summed E-state index contributed by atoms with van der Waals surface area (Å²) in [5.41, 5.74) is 3.69. The lowest BCUT2D eigenvalue weighted by atomic mass is 10.1. The van der Waals surface area contributed by atoms with Crippen LogP contribution < -0.4 is 15.5 Å². The maximum absolute atomic E-state index is 12.2. The summed E-state index contributed by atoms with van der Waals surface area (Å²) in [6, 6.07) is 19.6. The number of aromatic nitrogens is 2. The molecule has 4 rings (SSSR count). The zero-order chi connectivity index (χ0) is 21.5. The number of benzene rings is 2. The summed E-state index contributed by atoms with van der Waals surface area (Å²) in [6.07, 6.45) is 1.17. The van der Waals surface area contributed by atoms with Gasteiger partial charge in [0.2, 0.25) is 11.9 Å². The van der Waals surface area contributed by atoms with Crippen LogP contribution in [0.25, 0.3) is 0 Å². The fraction of sp³-hybridized carbons (Fsp3) is 0.292. The van der Waals surface area contributed by atoms with E-state index in [9.17, 15) is 4.79 Å². The highest BCUT2D eigenvalue weighted by Crippen LogP contribution is 2.21. The molecule has 2 aromatic carbocycles. The quantitative estimate of drug-likeness (QED) is 0.606. The summed E-state index contributed by atoms with van der Waals surface area (Å²) in [4.78, 5) is 23.6. The topological polar surface area (TPSA) is 79.4 Å². The van der Waals surface area contributed by atoms with Crippen molar-refractivity contribution in [1.82, 2.24) is 9.97 Å². The van der Waals surface area contributed by atoms with Gasteiger partial charge in [0.15, 0.2) is 0 Å². The van der Waals surface area contributed by atoms with Gasteiger partial charge in [-0.1, -0.05) is 30.3 Å². The zero-order valence-corrected chi connectivity index (χ0v) is 17.7. The minimum Gasteiger partial charge on any atom is -0.378 e. The van der Waals surface area contributed by atoms with Crippen molar-refractivity contribution in [1.29, 1.82) is 0 Å². The Kier molecular flexibility index (Phi) is 6.74. The predicted octanol–water partition coefficient (Wildman–Crippen LogP) is 3.94. The molecule has 1 aliphatic heterocycles. The lowest BCUT2D eigenvalue weighted by Crippen LogP contribution is -2.36. The fourth-order valence-corrected chi connectivity index (χ4v) is 3.45. The first-order chi connectivity index (χ1) is 15.2. The minimum absolute atomic E-state index is 0.00160. The molecule has 0 radical (unpaired) electrons. The Balaban J connectivity index is 1.34. The Bertz CT molecular complexity index is 1000. The Labute approximate surface area is 182 Å². The van der Waals surface area contributed by atoms with Crippen molar-refractivity contribution in [3.05, 3.63) is 71.9 Å². The number of hydrogen-bond acceptors (Lipinski definition) is 6. The van der Waals surface area contributed by atoms with E-state index in [-0.39, 0.29) is 5.91 Å². The van der Waals surface area contributed by atoms with Gasteiger partial charge in [0.05, 0.1) is 13.2 Å². The van der Waals surface area contributed by atoms with Crippen LogP contribution in [0.2, 0.25) is 0 Å². The van der Waals surface area contributed by atoms with E-state index in [4.69, 9.17) is 4.74 Å². The number of rotatable bonds is 7. The van der Waals surface area contributed by atoms with Gasteiger partial charge in [-0.05, 0) is 43.2 Å². The molecular formula is C24H27N5O2. The fourth-order valence-electron chi connectivity index (χ4n) is 3.45. The molecule has 2 N–H and O–H groups in total. The summed E-state index contributed by atoms with van der Waals surface area (Å²) < 4.78 is 5.42. The highest BCUT2D eigenvalue weighted by atomic mass is 16.5. The van der Waals surface area contributed by atoms with Crippen molar-refractivity contribution in [2.24, 2.45) is 0 Å². The van der Waals surface area contributed by atoms with Crippen LogP contribution >= 0.6 is 0 Å². The lowest BCUT2D eigenvalue weighted by molar-refractivity contribution is -0.116. The van der Waals surface area contributed by atoms with Crippen molar-refractivity contribution in [2.75, 3.05) is 41.8 Å². The van der Waals surface area contributed by atoms with E-state index in [1.54, 1.807) is 0 Å². The van der Waals surface area contributed by atoms with E-state index < -0.39 is 0 Å². The second-order valence-electron chi connectivity index (χ2n) is 7.53. The largest absolute Gasteiger partial charge is 0.378 e. The van der Waals surface area contributed by atoms with Crippen LogP contribution in [0.3, 0.4) is 0 Å². The predicted molar refractivity (Wildman–Crippen MR) is 123 cm³/mol. The molecule has 3 aromatic rings. The molecule has 31 heavy (non-hydrogen) atoms. The Morgan fingerprint density at radius 1 is 1.00 bits per heavy atom. The molecule has 0 bridgehead atoms. The van der Waals surface area contributed by atoms with Crippen LogP contribution in [0.4, 0.5) is 23.1 Å². The first-order valence-electron chi connectivity index (χ1n) is 10.5. The summed E-state index contributed by atoms with van der Waals surface area (Å²) in [5.74, 6) is 1.46. The summed E-state index contributed by atoms with van der Waals surface area (Å²) in [7, 11) is 0. The van der Waals surface area contributed by atoms with Gasteiger partial charge in [0, 0.05) is 42.6 Å². The molecule has 0 saturated carbocycles. The Hall–Kier alpha value is -3.45. The Morgan fingerprint density at radius 3 is 2.45 bits per heavy atom. The number of carbonyl (C=O) groups is 1. The molecular weight excluding hydrogens is 390 g/mol. The van der Waals surface area contributed by atoms with Crippen LogP contribution in [-0.2, 0) is 16.0 Å². The number of carbonyl (C=O) groups excluding carboxylic acids is 1. The number of aryl methyl sites for hydroxylation is 2. The van der Waals surface area contributed by atoms with Gasteiger partial charge in [0.25, 0.3) is 0 Å². The van der Waals surface area contributed by atoms with Gasteiger partial charge in [-0.25, -0.2) is 4.98 Å². The summed E-state index contributed by atoms with van der Waals surface area (Å²) >= 11 is 0. The molecule has 1 fully saturated rings. The minimum atomic E-state index is 0.00160. The second-order valence-corrected chi connectivity index (χ2v) is 7.53. The van der Waals surface area contributed by atoms with Crippen molar-refractivity contribution in [2.45, 2.75) is 19.8 Å². The smallest absolute Gasteiger partial charge is 0.229 e. The van der Waals surface area contributed by atoms with E-state index in [2.05, 4.69) is 25.5 Å².